The third-order valence-corrected chi connectivity index (χ3v) is 5.57. The number of amides is 1. The number of rotatable bonds is 7. The number of nitrogens with one attached hydrogen (secondary N) is 1. The molecule has 23 heavy (non-hydrogen) atoms. The van der Waals surface area contributed by atoms with Gasteiger partial charge >= 0.3 is 0 Å². The van der Waals surface area contributed by atoms with Crippen LogP contribution in [0.4, 0.5) is 0 Å². The minimum absolute atomic E-state index is 0.0386. The molecule has 1 heterocycles. The molecule has 0 aliphatic heterocycles. The smallest absolute Gasteiger partial charge is 0.233 e. The van der Waals surface area contributed by atoms with Crippen molar-refractivity contribution in [2.75, 3.05) is 7.11 Å². The Labute approximate surface area is 145 Å². The normalized spacial score (nSPS) is 12.2. The number of benzene rings is 1. The number of ether oxygens (including phenoxy) is 1. The summed E-state index contributed by atoms with van der Waals surface area (Å²) in [6.45, 7) is 6.97. The van der Waals surface area contributed by atoms with Crippen molar-refractivity contribution in [1.29, 1.82) is 0 Å². The van der Waals surface area contributed by atoms with Crippen molar-refractivity contribution in [3.63, 3.8) is 0 Å². The largest absolute Gasteiger partial charge is 0.378 e. The number of thioether (sulfide) groups is 1. The third-order valence-electron chi connectivity index (χ3n) is 3.33. The van der Waals surface area contributed by atoms with Crippen LogP contribution >= 0.6 is 23.1 Å². The van der Waals surface area contributed by atoms with E-state index < -0.39 is 0 Å². The van der Waals surface area contributed by atoms with E-state index in [0.717, 1.165) is 20.5 Å². The highest BCUT2D eigenvalue weighted by molar-refractivity contribution is 8.00. The predicted octanol–water partition coefficient (Wildman–Crippen LogP) is 3.70. The molecule has 0 aliphatic rings. The van der Waals surface area contributed by atoms with Gasteiger partial charge in [-0.15, -0.1) is 23.1 Å². The van der Waals surface area contributed by atoms with Crippen molar-refractivity contribution < 1.29 is 9.53 Å². The van der Waals surface area contributed by atoms with Crippen LogP contribution in [0.5, 0.6) is 0 Å². The van der Waals surface area contributed by atoms with Gasteiger partial charge in [-0.25, -0.2) is 4.98 Å². The van der Waals surface area contributed by atoms with E-state index >= 15 is 0 Å². The van der Waals surface area contributed by atoms with Crippen molar-refractivity contribution in [3.8, 4) is 0 Å². The van der Waals surface area contributed by atoms with E-state index in [1.165, 1.54) is 5.56 Å². The summed E-state index contributed by atoms with van der Waals surface area (Å²) in [5.41, 5.74) is 2.18. The Morgan fingerprint density at radius 3 is 2.70 bits per heavy atom. The maximum absolute atomic E-state index is 12.3. The topological polar surface area (TPSA) is 51.2 Å². The number of carbonyl (C=O) groups is 1. The molecule has 2 aromatic rings. The van der Waals surface area contributed by atoms with Crippen molar-refractivity contribution in [2.45, 2.75) is 44.1 Å². The molecule has 0 saturated heterocycles. The monoisotopic (exact) mass is 350 g/mol. The molecule has 0 bridgehead atoms. The summed E-state index contributed by atoms with van der Waals surface area (Å²) in [6.07, 6.45) is 0. The van der Waals surface area contributed by atoms with Crippen LogP contribution in [-0.4, -0.2) is 23.3 Å². The minimum Gasteiger partial charge on any atom is -0.378 e. The van der Waals surface area contributed by atoms with Crippen LogP contribution in [0.25, 0.3) is 0 Å². The number of aromatic nitrogens is 1. The molecular weight excluding hydrogens is 328 g/mol. The standard InChI is InChI=1S/C17H22N2O2S2/c1-11-5-7-14(8-6-11)22-13(3)17(20)18-9-15-12(2)19-16(23-15)10-21-4/h5-8,13H,9-10H2,1-4H3,(H,18,20). The fourth-order valence-corrected chi connectivity index (χ4v) is 3.90. The number of methoxy groups -OCH3 is 1. The Kier molecular flexibility index (Phi) is 6.62. The number of hydrogen-bond acceptors (Lipinski definition) is 5. The maximum atomic E-state index is 12.3. The van der Waals surface area contributed by atoms with E-state index in [1.807, 2.05) is 26.0 Å². The molecule has 1 amide bonds. The first-order valence-electron chi connectivity index (χ1n) is 7.44. The number of aryl methyl sites for hydroxylation is 2. The summed E-state index contributed by atoms with van der Waals surface area (Å²) in [7, 11) is 1.65. The quantitative estimate of drug-likeness (QED) is 0.774. The number of nitrogens with zero attached hydrogens (tertiary/aromatic N) is 1. The van der Waals surface area contributed by atoms with Gasteiger partial charge in [-0.2, -0.15) is 0 Å². The highest BCUT2D eigenvalue weighted by Gasteiger charge is 2.15. The van der Waals surface area contributed by atoms with Crippen LogP contribution < -0.4 is 5.32 Å². The first kappa shape index (κ1) is 18.0. The zero-order valence-corrected chi connectivity index (χ0v) is 15.5. The second-order valence-electron chi connectivity index (χ2n) is 5.34. The highest BCUT2D eigenvalue weighted by atomic mass is 32.2. The summed E-state index contributed by atoms with van der Waals surface area (Å²) in [5.74, 6) is 0.0386. The second-order valence-corrected chi connectivity index (χ2v) is 7.92. The Morgan fingerprint density at radius 1 is 1.35 bits per heavy atom. The van der Waals surface area contributed by atoms with Gasteiger partial charge in [0.1, 0.15) is 5.01 Å². The van der Waals surface area contributed by atoms with Crippen LogP contribution in [0.3, 0.4) is 0 Å². The Hall–Kier alpha value is -1.37. The molecule has 1 N–H and O–H groups in total. The number of thiazole rings is 1. The molecule has 1 aromatic carbocycles. The summed E-state index contributed by atoms with van der Waals surface area (Å²) in [4.78, 5) is 18.9. The lowest BCUT2D eigenvalue weighted by molar-refractivity contribution is -0.120. The first-order valence-corrected chi connectivity index (χ1v) is 9.14. The van der Waals surface area contributed by atoms with Gasteiger partial charge in [-0.1, -0.05) is 17.7 Å². The third kappa shape index (κ3) is 5.34. The van der Waals surface area contributed by atoms with Crippen molar-refractivity contribution in [3.05, 3.63) is 45.4 Å². The fraction of sp³-hybridized carbons (Fsp3) is 0.412. The summed E-state index contributed by atoms with van der Waals surface area (Å²) in [5, 5.41) is 3.80. The van der Waals surface area contributed by atoms with Gasteiger partial charge in [-0.05, 0) is 32.9 Å². The van der Waals surface area contributed by atoms with Gasteiger partial charge < -0.3 is 10.1 Å². The Morgan fingerprint density at radius 2 is 2.04 bits per heavy atom. The van der Waals surface area contributed by atoms with Crippen LogP contribution in [0.15, 0.2) is 29.2 Å². The number of hydrogen-bond donors (Lipinski definition) is 1. The SMILES string of the molecule is COCc1nc(C)c(CNC(=O)C(C)Sc2ccc(C)cc2)s1. The molecule has 1 unspecified atom stereocenters. The lowest BCUT2D eigenvalue weighted by Gasteiger charge is -2.11. The molecule has 0 radical (unpaired) electrons. The van der Waals surface area contributed by atoms with Gasteiger partial charge in [0.2, 0.25) is 5.91 Å². The molecule has 1 aromatic heterocycles. The second kappa shape index (κ2) is 8.47. The van der Waals surface area contributed by atoms with E-state index in [1.54, 1.807) is 30.2 Å². The van der Waals surface area contributed by atoms with Gasteiger partial charge in [-0.3, -0.25) is 4.79 Å². The summed E-state index contributed by atoms with van der Waals surface area (Å²) < 4.78 is 5.09. The zero-order chi connectivity index (χ0) is 16.8. The van der Waals surface area contributed by atoms with Crippen molar-refractivity contribution in [1.82, 2.24) is 10.3 Å². The molecule has 124 valence electrons. The lowest BCUT2D eigenvalue weighted by Crippen LogP contribution is -2.30. The van der Waals surface area contributed by atoms with Gasteiger partial charge in [0.25, 0.3) is 0 Å². The van der Waals surface area contributed by atoms with Crippen LogP contribution in [0.2, 0.25) is 0 Å². The van der Waals surface area contributed by atoms with E-state index in [9.17, 15) is 4.79 Å². The predicted molar refractivity (Wildman–Crippen MR) is 95.9 cm³/mol. The first-order chi connectivity index (χ1) is 11.0. The minimum atomic E-state index is -0.135. The van der Waals surface area contributed by atoms with Crippen LogP contribution in [0.1, 0.15) is 28.1 Å². The average Bonchev–Trinajstić information content (AvgIpc) is 2.87. The Balaban J connectivity index is 1.87. The molecule has 1 atom stereocenters. The molecule has 0 fully saturated rings. The van der Waals surface area contributed by atoms with Gasteiger partial charge in [0.05, 0.1) is 24.1 Å². The van der Waals surface area contributed by atoms with E-state index in [2.05, 4.69) is 29.4 Å². The number of carbonyl (C=O) groups excluding carboxylic acids is 1. The van der Waals surface area contributed by atoms with E-state index in [-0.39, 0.29) is 11.2 Å². The summed E-state index contributed by atoms with van der Waals surface area (Å²) in [6, 6.07) is 8.22. The molecule has 2 rings (SSSR count). The van der Waals surface area contributed by atoms with Crippen LogP contribution in [-0.2, 0) is 22.7 Å². The zero-order valence-electron chi connectivity index (χ0n) is 13.9. The molecule has 0 aliphatic carbocycles. The maximum Gasteiger partial charge on any atom is 0.233 e. The van der Waals surface area contributed by atoms with Gasteiger partial charge in [0.15, 0.2) is 0 Å². The van der Waals surface area contributed by atoms with Crippen molar-refractivity contribution in [2.24, 2.45) is 0 Å². The van der Waals surface area contributed by atoms with Gasteiger partial charge in [0, 0.05) is 16.9 Å². The Bertz CT molecular complexity index is 653. The molecule has 0 spiro atoms. The molecule has 6 heteroatoms. The molecule has 4 nitrogen and oxygen atoms in total. The molecule has 0 saturated carbocycles. The van der Waals surface area contributed by atoms with Crippen molar-refractivity contribution >= 4 is 29.0 Å². The van der Waals surface area contributed by atoms with E-state index in [0.29, 0.717) is 13.2 Å². The highest BCUT2D eigenvalue weighted by Crippen LogP contribution is 2.24. The lowest BCUT2D eigenvalue weighted by atomic mass is 10.2. The van der Waals surface area contributed by atoms with E-state index in [4.69, 9.17) is 4.74 Å². The fourth-order valence-electron chi connectivity index (χ4n) is 2.02. The average molecular weight is 351 g/mol. The van der Waals surface area contributed by atoms with Crippen LogP contribution in [0, 0.1) is 13.8 Å². The summed E-state index contributed by atoms with van der Waals surface area (Å²) >= 11 is 3.15. The molecular formula is C17H22N2O2S2.